The van der Waals surface area contributed by atoms with Crippen LogP contribution in [-0.2, 0) is 0 Å². The standard InChI is InChI=1S/C12H19NO2/c1-2-11(14)7-9-13-8-3-5-12-6-4-10-15-12/h3-6,10-11,13-14H,2,7-9H2,1H3/b5-3+. The molecule has 15 heavy (non-hydrogen) atoms. The summed E-state index contributed by atoms with van der Waals surface area (Å²) in [5.74, 6) is 0.866. The van der Waals surface area contributed by atoms with E-state index in [-0.39, 0.29) is 6.10 Å². The molecule has 0 radical (unpaired) electrons. The molecular formula is C12H19NO2. The van der Waals surface area contributed by atoms with Gasteiger partial charge in [0, 0.05) is 6.54 Å². The molecule has 1 aromatic rings. The third kappa shape index (κ3) is 5.40. The maximum atomic E-state index is 9.29. The van der Waals surface area contributed by atoms with Gasteiger partial charge < -0.3 is 14.8 Å². The smallest absolute Gasteiger partial charge is 0.126 e. The maximum Gasteiger partial charge on any atom is 0.126 e. The van der Waals surface area contributed by atoms with Crippen LogP contribution < -0.4 is 5.32 Å². The molecule has 2 N–H and O–H groups in total. The molecule has 0 aliphatic carbocycles. The van der Waals surface area contributed by atoms with Crippen LogP contribution in [-0.4, -0.2) is 24.3 Å². The quantitative estimate of drug-likeness (QED) is 0.675. The lowest BCUT2D eigenvalue weighted by molar-refractivity contribution is 0.160. The molecule has 1 heterocycles. The summed E-state index contributed by atoms with van der Waals surface area (Å²) in [7, 11) is 0. The molecule has 0 saturated heterocycles. The minimum atomic E-state index is -0.174. The average molecular weight is 209 g/mol. The number of aliphatic hydroxyl groups excluding tert-OH is 1. The Morgan fingerprint density at radius 1 is 1.60 bits per heavy atom. The highest BCUT2D eigenvalue weighted by atomic mass is 16.3. The second-order valence-electron chi connectivity index (χ2n) is 3.47. The third-order valence-electron chi connectivity index (χ3n) is 2.21. The van der Waals surface area contributed by atoms with Gasteiger partial charge in [-0.05, 0) is 37.6 Å². The first-order chi connectivity index (χ1) is 7.33. The monoisotopic (exact) mass is 209 g/mol. The summed E-state index contributed by atoms with van der Waals surface area (Å²) < 4.78 is 5.14. The molecule has 3 nitrogen and oxygen atoms in total. The second kappa shape index (κ2) is 7.26. The van der Waals surface area contributed by atoms with Crippen molar-refractivity contribution < 1.29 is 9.52 Å². The van der Waals surface area contributed by atoms with Crippen LogP contribution in [0.5, 0.6) is 0 Å². The molecular weight excluding hydrogens is 190 g/mol. The molecule has 0 saturated carbocycles. The zero-order chi connectivity index (χ0) is 10.9. The van der Waals surface area contributed by atoms with Gasteiger partial charge in [-0.3, -0.25) is 0 Å². The molecule has 0 aliphatic rings. The van der Waals surface area contributed by atoms with Crippen LogP contribution in [0.25, 0.3) is 6.08 Å². The number of rotatable bonds is 7. The van der Waals surface area contributed by atoms with Crippen molar-refractivity contribution >= 4 is 6.08 Å². The van der Waals surface area contributed by atoms with E-state index in [4.69, 9.17) is 4.42 Å². The van der Waals surface area contributed by atoms with Gasteiger partial charge in [0.2, 0.25) is 0 Å². The summed E-state index contributed by atoms with van der Waals surface area (Å²) in [6.07, 6.45) is 7.06. The van der Waals surface area contributed by atoms with Gasteiger partial charge in [0.15, 0.2) is 0 Å². The maximum absolute atomic E-state index is 9.29. The molecule has 1 aromatic heterocycles. The van der Waals surface area contributed by atoms with E-state index in [1.54, 1.807) is 6.26 Å². The van der Waals surface area contributed by atoms with E-state index in [1.807, 2.05) is 31.2 Å². The molecule has 0 amide bonds. The van der Waals surface area contributed by atoms with E-state index in [0.717, 1.165) is 31.7 Å². The third-order valence-corrected chi connectivity index (χ3v) is 2.21. The van der Waals surface area contributed by atoms with Gasteiger partial charge in [-0.2, -0.15) is 0 Å². The number of nitrogens with one attached hydrogen (secondary N) is 1. The van der Waals surface area contributed by atoms with Crippen LogP contribution in [0.1, 0.15) is 25.5 Å². The molecule has 0 aliphatic heterocycles. The Balaban J connectivity index is 2.02. The Morgan fingerprint density at radius 2 is 2.47 bits per heavy atom. The summed E-state index contributed by atoms with van der Waals surface area (Å²) in [5, 5.41) is 12.5. The number of hydrogen-bond acceptors (Lipinski definition) is 3. The Labute approximate surface area is 90.8 Å². The summed E-state index contributed by atoms with van der Waals surface area (Å²) in [4.78, 5) is 0. The zero-order valence-corrected chi connectivity index (χ0v) is 9.15. The van der Waals surface area contributed by atoms with Crippen molar-refractivity contribution in [1.82, 2.24) is 5.32 Å². The van der Waals surface area contributed by atoms with Crippen molar-refractivity contribution in [3.05, 3.63) is 30.2 Å². The van der Waals surface area contributed by atoms with E-state index < -0.39 is 0 Å². The fourth-order valence-electron chi connectivity index (χ4n) is 1.22. The molecule has 84 valence electrons. The molecule has 3 heteroatoms. The predicted molar refractivity (Wildman–Crippen MR) is 61.5 cm³/mol. The molecule has 0 bridgehead atoms. The SMILES string of the molecule is CCC(O)CCNC/C=C/c1ccco1. The number of furan rings is 1. The Morgan fingerprint density at radius 3 is 3.13 bits per heavy atom. The van der Waals surface area contributed by atoms with Crippen LogP contribution in [0, 0.1) is 0 Å². The van der Waals surface area contributed by atoms with Crippen LogP contribution in [0.15, 0.2) is 28.9 Å². The van der Waals surface area contributed by atoms with Crippen molar-refractivity contribution in [1.29, 1.82) is 0 Å². The van der Waals surface area contributed by atoms with Crippen molar-refractivity contribution in [2.45, 2.75) is 25.9 Å². The van der Waals surface area contributed by atoms with Crippen LogP contribution in [0.2, 0.25) is 0 Å². The topological polar surface area (TPSA) is 45.4 Å². The number of aliphatic hydroxyl groups is 1. The zero-order valence-electron chi connectivity index (χ0n) is 9.15. The molecule has 0 fully saturated rings. The van der Waals surface area contributed by atoms with Crippen molar-refractivity contribution in [3.8, 4) is 0 Å². The van der Waals surface area contributed by atoms with Gasteiger partial charge in [0.05, 0.1) is 12.4 Å². The highest BCUT2D eigenvalue weighted by Crippen LogP contribution is 2.01. The normalized spacial score (nSPS) is 13.5. The molecule has 1 rings (SSSR count). The van der Waals surface area contributed by atoms with Gasteiger partial charge in [0.1, 0.15) is 5.76 Å². The summed E-state index contributed by atoms with van der Waals surface area (Å²) >= 11 is 0. The van der Waals surface area contributed by atoms with E-state index in [1.165, 1.54) is 0 Å². The van der Waals surface area contributed by atoms with Crippen LogP contribution >= 0.6 is 0 Å². The lowest BCUT2D eigenvalue weighted by atomic mass is 10.2. The lowest BCUT2D eigenvalue weighted by Crippen LogP contribution is -2.20. The van der Waals surface area contributed by atoms with E-state index in [0.29, 0.717) is 0 Å². The van der Waals surface area contributed by atoms with Gasteiger partial charge in [-0.25, -0.2) is 0 Å². The Bertz CT molecular complexity index is 267. The van der Waals surface area contributed by atoms with Gasteiger partial charge in [0.25, 0.3) is 0 Å². The highest BCUT2D eigenvalue weighted by Gasteiger charge is 1.97. The predicted octanol–water partition coefficient (Wildman–Crippen LogP) is 2.04. The van der Waals surface area contributed by atoms with E-state index in [2.05, 4.69) is 5.32 Å². The molecule has 1 atom stereocenters. The fourth-order valence-corrected chi connectivity index (χ4v) is 1.22. The van der Waals surface area contributed by atoms with Gasteiger partial charge in [-0.1, -0.05) is 13.0 Å². The average Bonchev–Trinajstić information content (AvgIpc) is 2.75. The summed E-state index contributed by atoms with van der Waals surface area (Å²) in [5.41, 5.74) is 0. The summed E-state index contributed by atoms with van der Waals surface area (Å²) in [6.45, 7) is 3.64. The Hall–Kier alpha value is -1.06. The van der Waals surface area contributed by atoms with E-state index in [9.17, 15) is 5.11 Å². The van der Waals surface area contributed by atoms with Gasteiger partial charge in [-0.15, -0.1) is 0 Å². The minimum Gasteiger partial charge on any atom is -0.465 e. The first-order valence-electron chi connectivity index (χ1n) is 5.41. The van der Waals surface area contributed by atoms with Crippen LogP contribution in [0.4, 0.5) is 0 Å². The lowest BCUT2D eigenvalue weighted by Gasteiger charge is -2.06. The molecule has 1 unspecified atom stereocenters. The highest BCUT2D eigenvalue weighted by molar-refractivity contribution is 5.42. The molecule has 0 spiro atoms. The van der Waals surface area contributed by atoms with Crippen molar-refractivity contribution in [3.63, 3.8) is 0 Å². The second-order valence-corrected chi connectivity index (χ2v) is 3.47. The van der Waals surface area contributed by atoms with Gasteiger partial charge >= 0.3 is 0 Å². The van der Waals surface area contributed by atoms with Crippen LogP contribution in [0.3, 0.4) is 0 Å². The molecule has 0 aromatic carbocycles. The first kappa shape index (κ1) is 12.0. The van der Waals surface area contributed by atoms with Crippen molar-refractivity contribution in [2.24, 2.45) is 0 Å². The summed E-state index contributed by atoms with van der Waals surface area (Å²) in [6, 6.07) is 3.78. The van der Waals surface area contributed by atoms with E-state index >= 15 is 0 Å². The first-order valence-corrected chi connectivity index (χ1v) is 5.41. The fraction of sp³-hybridized carbons (Fsp3) is 0.500. The van der Waals surface area contributed by atoms with Crippen molar-refractivity contribution in [2.75, 3.05) is 13.1 Å². The Kier molecular flexibility index (Phi) is 5.81. The minimum absolute atomic E-state index is 0.174. The number of hydrogen-bond donors (Lipinski definition) is 2. The largest absolute Gasteiger partial charge is 0.465 e.